The number of hydrogen-bond acceptors (Lipinski definition) is 16. The van der Waals surface area contributed by atoms with E-state index in [-0.39, 0.29) is 103 Å². The number of rotatable bonds is 0. The molecule has 0 rings (SSSR count). The molecule has 0 aliphatic carbocycles. The largest absolute Gasteiger partial charge is 1.00 e. The molecule has 0 aromatic rings. The molecule has 0 unspecified atom stereocenters. The summed E-state index contributed by atoms with van der Waals surface area (Å²) in [5.41, 5.74) is 0. The molecular weight excluding hydrogens is 447 g/mol. The molecule has 0 bridgehead atoms. The molecule has 0 amide bonds. The molecule has 0 spiro atoms. The summed E-state index contributed by atoms with van der Waals surface area (Å²) in [5, 5.41) is 0. The van der Waals surface area contributed by atoms with E-state index in [0.29, 0.717) is 0 Å². The Labute approximate surface area is 211 Å². The summed E-state index contributed by atoms with van der Waals surface area (Å²) >= 11 is 0. The molecule has 14 N–H and O–H groups in total. The zero-order chi connectivity index (χ0) is 18.0. The van der Waals surface area contributed by atoms with Crippen molar-refractivity contribution in [3.8, 4) is 0 Å². The van der Waals surface area contributed by atoms with Crippen molar-refractivity contribution < 1.29 is 179 Å². The van der Waals surface area contributed by atoms with E-state index in [4.69, 9.17) is 76.7 Å². The summed E-state index contributed by atoms with van der Waals surface area (Å²) in [4.78, 5) is 120. The van der Waals surface area contributed by atoms with Gasteiger partial charge in [0.15, 0.2) is 0 Å². The molecule has 0 aromatic heterocycles. The Kier molecular flexibility index (Phi) is 32.7. The van der Waals surface area contributed by atoms with Gasteiger partial charge >= 0.3 is 130 Å². The zero-order valence-corrected chi connectivity index (χ0v) is 21.3. The van der Waals surface area contributed by atoms with Gasteiger partial charge in [-0.2, -0.15) is 0 Å². The predicted molar refractivity (Wildman–Crippen MR) is 54.1 cm³/mol. The summed E-state index contributed by atoms with van der Waals surface area (Å²) < 4.78 is 0. The molecule has 0 aromatic carbocycles. The first-order valence-corrected chi connectivity index (χ1v) is 10.6. The molecule has 0 fully saturated rings. The molecule has 0 saturated carbocycles. The van der Waals surface area contributed by atoms with Crippen molar-refractivity contribution in [3.63, 3.8) is 0 Å². The Morgan fingerprint density at radius 1 is 0.364 bits per heavy atom. The van der Waals surface area contributed by atoms with Crippen LogP contribution in [0.5, 0.6) is 0 Å². The Hall–Kier alpha value is 3.50. The van der Waals surface area contributed by atoms with E-state index in [9.17, 15) is 0 Å². The van der Waals surface area contributed by atoms with Gasteiger partial charge in [-0.05, 0) is 0 Å². The van der Waals surface area contributed by atoms with Gasteiger partial charge in [0.05, 0.1) is 0 Å². The van der Waals surface area contributed by atoms with Gasteiger partial charge in [-0.25, -0.2) is 0 Å². The fourth-order valence-corrected chi connectivity index (χ4v) is 0. The third-order valence-corrected chi connectivity index (χ3v) is 0. The average Bonchev–Trinajstić information content (AvgIpc) is 1.62. The third-order valence-electron chi connectivity index (χ3n) is 0. The first kappa shape index (κ1) is 40.3. The van der Waals surface area contributed by atoms with Crippen LogP contribution >= 0.6 is 0 Å². The van der Waals surface area contributed by atoms with Gasteiger partial charge in [0.2, 0.25) is 0 Å². The zero-order valence-electron chi connectivity index (χ0n) is 11.1. The van der Waals surface area contributed by atoms with Crippen molar-refractivity contribution in [2.45, 2.75) is 0 Å². The molecule has 0 heterocycles. The van der Waals surface area contributed by atoms with Crippen molar-refractivity contribution in [1.29, 1.82) is 0 Å². The van der Waals surface area contributed by atoms with E-state index in [1.165, 1.54) is 0 Å². The molecule has 0 saturated heterocycles. The van der Waals surface area contributed by atoms with E-state index < -0.39 is 36.2 Å². The fraction of sp³-hybridized carbons (Fsp3) is 0. The maximum Gasteiger partial charge on any atom is 1.00 e. The Morgan fingerprint density at radius 3 is 0.364 bits per heavy atom. The monoisotopic (exact) mass is 460 g/mol. The fourth-order valence-electron chi connectivity index (χ4n) is 0. The van der Waals surface area contributed by atoms with Crippen LogP contribution in [0.3, 0.4) is 0 Å². The molecule has 22 heavy (non-hydrogen) atoms. The second-order valence-electron chi connectivity index (χ2n) is 2.35. The molecule has 16 nitrogen and oxygen atoms in total. The van der Waals surface area contributed by atoms with Crippen LogP contribution in [0.25, 0.3) is 0 Å². The van der Waals surface area contributed by atoms with Gasteiger partial charge in [-0.3, -0.25) is 0 Å². The van der Waals surface area contributed by atoms with Gasteiger partial charge in [0, 0.05) is 0 Å². The van der Waals surface area contributed by atoms with Crippen LogP contribution in [0.15, 0.2) is 0 Å². The van der Waals surface area contributed by atoms with E-state index in [1.807, 2.05) is 0 Å². The van der Waals surface area contributed by atoms with Gasteiger partial charge in [-0.1, -0.05) is 0 Å². The van der Waals surface area contributed by atoms with Crippen LogP contribution in [0.2, 0.25) is 0 Å². The molecule has 0 atom stereocenters. The Bertz CT molecular complexity index is 134. The molecule has 0 aliphatic rings. The van der Waals surface area contributed by atoms with E-state index in [0.717, 1.165) is 0 Å². The topological polar surface area (TPSA) is 329 Å². The summed E-state index contributed by atoms with van der Waals surface area (Å²) in [6, 6.07) is 0. The third kappa shape index (κ3) is 971. The smallest absolute Gasteiger partial charge is 0.828 e. The van der Waals surface area contributed by atoms with Crippen molar-refractivity contribution in [2.24, 2.45) is 0 Å². The van der Waals surface area contributed by atoms with Crippen LogP contribution in [0.4, 0.5) is 0 Å². The summed E-state index contributed by atoms with van der Waals surface area (Å²) in [6.07, 6.45) is 0. The number of hydrogen-bond donors (Lipinski definition) is 14. The standard InChI is InChI=1S/2K.3H4O4Si.H2O4Si/c;;4*1-5(2,3)4/h;;3*1-4H;1-2H/q2*+1;;;;-2. The van der Waals surface area contributed by atoms with Crippen LogP contribution in [0, 0.1) is 0 Å². The van der Waals surface area contributed by atoms with Crippen molar-refractivity contribution in [1.82, 2.24) is 0 Å². The quantitative estimate of drug-likeness (QED) is 0.149. The Balaban J connectivity index is -0.0000000376. The van der Waals surface area contributed by atoms with Gasteiger partial charge < -0.3 is 76.7 Å². The summed E-state index contributed by atoms with van der Waals surface area (Å²) in [7, 11) is -18.9. The van der Waals surface area contributed by atoms with Crippen molar-refractivity contribution in [2.75, 3.05) is 0 Å². The van der Waals surface area contributed by atoms with Crippen LogP contribution < -0.4 is 112 Å². The van der Waals surface area contributed by atoms with E-state index in [1.54, 1.807) is 0 Å². The maximum absolute atomic E-state index is 8.80. The average molecular weight is 461 g/mol. The molecular formula is H14K2O16Si4. The molecule has 128 valence electrons. The van der Waals surface area contributed by atoms with Gasteiger partial charge in [-0.15, -0.1) is 0 Å². The molecule has 22 heteroatoms. The SMILES string of the molecule is O[Si](O)(O)O.O[Si](O)(O)O.O[Si](O)(O)O.[K+].[K+].[O-][Si]([O-])(O)O. The predicted octanol–water partition coefficient (Wildman–Crippen LogP) is -17.7. The minimum absolute atomic E-state index is 0. The molecule has 0 aliphatic heterocycles. The second-order valence-corrected chi connectivity index (χ2v) is 7.05. The van der Waals surface area contributed by atoms with Crippen LogP contribution in [-0.4, -0.2) is 103 Å². The van der Waals surface area contributed by atoms with Crippen LogP contribution in [0.1, 0.15) is 0 Å². The van der Waals surface area contributed by atoms with Crippen LogP contribution in [-0.2, 0) is 0 Å². The van der Waals surface area contributed by atoms with E-state index >= 15 is 0 Å². The first-order valence-electron chi connectivity index (χ1n) is 3.54. The maximum atomic E-state index is 8.80. The second kappa shape index (κ2) is 17.9. The molecule has 0 radical (unpaired) electrons. The minimum Gasteiger partial charge on any atom is -0.828 e. The van der Waals surface area contributed by atoms with Gasteiger partial charge in [0.1, 0.15) is 9.05 Å². The first-order chi connectivity index (χ1) is 8.00. The summed E-state index contributed by atoms with van der Waals surface area (Å²) in [5.74, 6) is 0. The van der Waals surface area contributed by atoms with Crippen molar-refractivity contribution >= 4 is 36.2 Å². The summed E-state index contributed by atoms with van der Waals surface area (Å²) in [6.45, 7) is 0. The van der Waals surface area contributed by atoms with E-state index in [2.05, 4.69) is 0 Å². The normalized spacial score (nSPS) is 10.9. The minimum atomic E-state index is -5.11. The Morgan fingerprint density at radius 2 is 0.364 bits per heavy atom. The van der Waals surface area contributed by atoms with Crippen molar-refractivity contribution in [3.05, 3.63) is 0 Å². The van der Waals surface area contributed by atoms with Gasteiger partial charge in [0.25, 0.3) is 0 Å².